The van der Waals surface area contributed by atoms with Gasteiger partial charge in [-0.05, 0) is 83.9 Å². The molecule has 0 fully saturated rings. The van der Waals surface area contributed by atoms with E-state index in [4.69, 9.17) is 4.74 Å². The lowest BCUT2D eigenvalue weighted by Gasteiger charge is -2.36. The molecule has 2 atom stereocenters. The summed E-state index contributed by atoms with van der Waals surface area (Å²) in [5, 5.41) is 5.81. The number of carbonyl (C=O) groups excluding carboxylic acids is 3. The highest BCUT2D eigenvalue weighted by atomic mass is 16.6. The van der Waals surface area contributed by atoms with E-state index in [0.717, 1.165) is 29.5 Å². The van der Waals surface area contributed by atoms with Crippen LogP contribution in [-0.4, -0.2) is 47.0 Å². The molecule has 7 nitrogen and oxygen atoms in total. The van der Waals surface area contributed by atoms with Crippen LogP contribution in [0.3, 0.4) is 0 Å². The molecular formula is C28H47N3O4. The minimum Gasteiger partial charge on any atom is -0.444 e. The van der Waals surface area contributed by atoms with E-state index in [0.29, 0.717) is 13.0 Å². The summed E-state index contributed by atoms with van der Waals surface area (Å²) in [6, 6.07) is 4.20. The molecule has 2 unspecified atom stereocenters. The largest absolute Gasteiger partial charge is 0.444 e. The van der Waals surface area contributed by atoms with Crippen molar-refractivity contribution < 1.29 is 19.1 Å². The van der Waals surface area contributed by atoms with Gasteiger partial charge in [0.1, 0.15) is 17.7 Å². The van der Waals surface area contributed by atoms with Crippen molar-refractivity contribution in [2.75, 3.05) is 6.54 Å². The minimum absolute atomic E-state index is 0.0798. The second-order valence-corrected chi connectivity index (χ2v) is 11.1. The first-order chi connectivity index (χ1) is 16.2. The zero-order chi connectivity index (χ0) is 26.9. The zero-order valence-corrected chi connectivity index (χ0v) is 23.5. The van der Waals surface area contributed by atoms with Crippen molar-refractivity contribution in [2.24, 2.45) is 5.92 Å². The lowest BCUT2D eigenvalue weighted by Crippen LogP contribution is -2.54. The van der Waals surface area contributed by atoms with Crippen molar-refractivity contribution in [3.05, 3.63) is 34.9 Å². The highest BCUT2D eigenvalue weighted by Crippen LogP contribution is 2.29. The Morgan fingerprint density at radius 3 is 2.03 bits per heavy atom. The number of nitrogens with zero attached hydrogens (tertiary/aromatic N) is 1. The first-order valence-electron chi connectivity index (χ1n) is 12.8. The van der Waals surface area contributed by atoms with Gasteiger partial charge in [-0.2, -0.15) is 0 Å². The summed E-state index contributed by atoms with van der Waals surface area (Å²) in [7, 11) is 0. The molecule has 0 bridgehead atoms. The van der Waals surface area contributed by atoms with Crippen LogP contribution >= 0.6 is 0 Å². The number of hydrogen-bond acceptors (Lipinski definition) is 4. The third-order valence-corrected chi connectivity index (χ3v) is 5.54. The number of hydrogen-bond donors (Lipinski definition) is 2. The molecule has 0 radical (unpaired) electrons. The Kier molecular flexibility index (Phi) is 11.7. The summed E-state index contributed by atoms with van der Waals surface area (Å²) >= 11 is 0. The fourth-order valence-corrected chi connectivity index (χ4v) is 4.09. The van der Waals surface area contributed by atoms with Gasteiger partial charge in [-0.15, -0.1) is 0 Å². The molecule has 198 valence electrons. The van der Waals surface area contributed by atoms with Crippen LogP contribution in [0.4, 0.5) is 4.79 Å². The number of nitrogens with one attached hydrogen (secondary N) is 2. The van der Waals surface area contributed by atoms with Gasteiger partial charge >= 0.3 is 6.09 Å². The summed E-state index contributed by atoms with van der Waals surface area (Å²) in [5.41, 5.74) is 2.04. The molecule has 0 heterocycles. The second-order valence-electron chi connectivity index (χ2n) is 11.1. The third-order valence-electron chi connectivity index (χ3n) is 5.54. The van der Waals surface area contributed by atoms with Crippen molar-refractivity contribution in [2.45, 2.75) is 112 Å². The molecule has 35 heavy (non-hydrogen) atoms. The van der Waals surface area contributed by atoms with Crippen LogP contribution in [0.15, 0.2) is 18.2 Å². The number of alkyl carbamates (subject to hydrolysis) is 1. The molecule has 2 N–H and O–H groups in total. The maximum absolute atomic E-state index is 14.1. The van der Waals surface area contributed by atoms with Crippen LogP contribution < -0.4 is 10.6 Å². The summed E-state index contributed by atoms with van der Waals surface area (Å²) < 4.78 is 5.44. The number of unbranched alkanes of at least 4 members (excludes halogenated alkanes) is 1. The van der Waals surface area contributed by atoms with Crippen LogP contribution in [0, 0.1) is 19.8 Å². The first kappa shape index (κ1) is 30.5. The van der Waals surface area contributed by atoms with Gasteiger partial charge in [-0.1, -0.05) is 45.4 Å². The second kappa shape index (κ2) is 13.5. The quantitative estimate of drug-likeness (QED) is 0.433. The number of ether oxygens (including phenoxy) is 1. The maximum atomic E-state index is 14.1. The molecule has 3 amide bonds. The number of benzene rings is 1. The van der Waals surface area contributed by atoms with Crippen molar-refractivity contribution in [3.63, 3.8) is 0 Å². The van der Waals surface area contributed by atoms with Gasteiger partial charge in [0, 0.05) is 12.6 Å². The number of aryl methyl sites for hydroxylation is 2. The van der Waals surface area contributed by atoms with E-state index in [1.165, 1.54) is 0 Å². The molecule has 1 aromatic rings. The van der Waals surface area contributed by atoms with Gasteiger partial charge in [0.25, 0.3) is 0 Å². The van der Waals surface area contributed by atoms with Gasteiger partial charge in [-0.3, -0.25) is 9.59 Å². The van der Waals surface area contributed by atoms with Crippen LogP contribution in [0.1, 0.15) is 97.4 Å². The summed E-state index contributed by atoms with van der Waals surface area (Å²) in [6.45, 7) is 19.6. The molecule has 7 heteroatoms. The highest BCUT2D eigenvalue weighted by Gasteiger charge is 2.37. The van der Waals surface area contributed by atoms with Gasteiger partial charge in [0.2, 0.25) is 11.8 Å². The van der Waals surface area contributed by atoms with Gasteiger partial charge in [-0.25, -0.2) is 4.79 Å². The normalized spacial score (nSPS) is 13.4. The van der Waals surface area contributed by atoms with Crippen molar-refractivity contribution in [1.29, 1.82) is 0 Å². The Balaban J connectivity index is 3.56. The van der Waals surface area contributed by atoms with Crippen LogP contribution in [-0.2, 0) is 14.3 Å². The van der Waals surface area contributed by atoms with Crippen LogP contribution in [0.2, 0.25) is 0 Å². The SMILES string of the molecule is CCCCN(C(=O)C(CC(C)C)NC(=O)OC(C)(C)C)C(C(=O)NC(C)C)c1c(C)cccc1C. The average molecular weight is 490 g/mol. The number of amides is 3. The Morgan fingerprint density at radius 2 is 1.57 bits per heavy atom. The zero-order valence-electron chi connectivity index (χ0n) is 23.5. The topological polar surface area (TPSA) is 87.7 Å². The van der Waals surface area contributed by atoms with Gasteiger partial charge in [0.05, 0.1) is 0 Å². The molecule has 1 aromatic carbocycles. The molecule has 0 aliphatic rings. The van der Waals surface area contributed by atoms with Crippen LogP contribution in [0.25, 0.3) is 0 Å². The van der Waals surface area contributed by atoms with E-state index in [1.54, 1.807) is 25.7 Å². The smallest absolute Gasteiger partial charge is 0.408 e. The van der Waals surface area contributed by atoms with E-state index < -0.39 is 23.8 Å². The standard InChI is InChI=1S/C28H47N3O4/c1-11-12-16-31(26(33)22(17-18(2)3)30-27(34)35-28(8,9)10)24(25(32)29-19(4)5)23-20(6)14-13-15-21(23)7/h13-15,18-19,22,24H,11-12,16-17H2,1-10H3,(H,29,32)(H,30,34). The third kappa shape index (κ3) is 9.90. The van der Waals surface area contributed by atoms with Gasteiger partial charge < -0.3 is 20.3 Å². The monoisotopic (exact) mass is 489 g/mol. The van der Waals surface area contributed by atoms with Crippen LogP contribution in [0.5, 0.6) is 0 Å². The van der Waals surface area contributed by atoms with Gasteiger partial charge in [0.15, 0.2) is 0 Å². The van der Waals surface area contributed by atoms with Crippen molar-refractivity contribution >= 4 is 17.9 Å². The number of carbonyl (C=O) groups is 3. The van der Waals surface area contributed by atoms with Crippen molar-refractivity contribution in [1.82, 2.24) is 15.5 Å². The minimum atomic E-state index is -0.805. The summed E-state index contributed by atoms with van der Waals surface area (Å²) in [4.78, 5) is 42.0. The lowest BCUT2D eigenvalue weighted by atomic mass is 9.92. The summed E-state index contributed by atoms with van der Waals surface area (Å²) in [6.07, 6.45) is 1.40. The average Bonchev–Trinajstić information content (AvgIpc) is 2.69. The Labute approximate surface area is 212 Å². The van der Waals surface area contributed by atoms with E-state index in [9.17, 15) is 14.4 Å². The number of rotatable bonds is 11. The molecule has 0 spiro atoms. The Morgan fingerprint density at radius 1 is 1.00 bits per heavy atom. The first-order valence-corrected chi connectivity index (χ1v) is 12.8. The van der Waals surface area contributed by atoms with E-state index >= 15 is 0 Å². The Hall–Kier alpha value is -2.57. The molecular weight excluding hydrogens is 442 g/mol. The highest BCUT2D eigenvalue weighted by molar-refractivity contribution is 5.92. The van der Waals surface area contributed by atoms with E-state index in [2.05, 4.69) is 17.6 Å². The maximum Gasteiger partial charge on any atom is 0.408 e. The van der Waals surface area contributed by atoms with E-state index in [1.807, 2.05) is 59.7 Å². The Bertz CT molecular complexity index is 838. The fraction of sp³-hybridized carbons (Fsp3) is 0.679. The van der Waals surface area contributed by atoms with E-state index in [-0.39, 0.29) is 23.8 Å². The molecule has 1 rings (SSSR count). The lowest BCUT2D eigenvalue weighted by molar-refractivity contribution is -0.143. The fourth-order valence-electron chi connectivity index (χ4n) is 4.09. The van der Waals surface area contributed by atoms with Crippen molar-refractivity contribution in [3.8, 4) is 0 Å². The molecule has 0 aliphatic carbocycles. The molecule has 0 aromatic heterocycles. The summed E-state index contributed by atoms with van der Waals surface area (Å²) in [5.74, 6) is -0.345. The predicted octanol–water partition coefficient (Wildman–Crippen LogP) is 5.44. The molecule has 0 saturated heterocycles. The molecule has 0 aliphatic heterocycles. The predicted molar refractivity (Wildman–Crippen MR) is 141 cm³/mol. The molecule has 0 saturated carbocycles.